The molecule has 17 heavy (non-hydrogen) atoms. The molecule has 1 aromatic carbocycles. The fourth-order valence-electron chi connectivity index (χ4n) is 2.75. The van der Waals surface area contributed by atoms with Crippen LogP contribution in [0.25, 0.3) is 0 Å². The van der Waals surface area contributed by atoms with Crippen LogP contribution in [0.5, 0.6) is 0 Å². The van der Waals surface area contributed by atoms with Crippen molar-refractivity contribution < 1.29 is 4.79 Å². The molecule has 0 aromatic heterocycles. The maximum absolute atomic E-state index is 12.2. The van der Waals surface area contributed by atoms with E-state index < -0.39 is 0 Å². The van der Waals surface area contributed by atoms with Gasteiger partial charge in [0, 0.05) is 12.3 Å². The Kier molecular flexibility index (Phi) is 4.36. The number of carbonyl (C=O) groups is 1. The lowest BCUT2D eigenvalue weighted by Gasteiger charge is -2.12. The predicted octanol–water partition coefficient (Wildman–Crippen LogP) is 4.01. The molecule has 1 saturated carbocycles. The summed E-state index contributed by atoms with van der Waals surface area (Å²) in [6.07, 6.45) is 6.59. The molecule has 1 fully saturated rings. The molecule has 0 aliphatic heterocycles. The number of Topliss-reactive ketones (excluding diaryl/α,β-unsaturated/α-hetero) is 1. The number of benzene rings is 1. The van der Waals surface area contributed by atoms with Gasteiger partial charge in [0.2, 0.25) is 0 Å². The monoisotopic (exact) mass is 230 g/mol. The Labute approximate surface area is 104 Å². The number of ketones is 1. The van der Waals surface area contributed by atoms with Crippen LogP contribution in [0.3, 0.4) is 0 Å². The Hall–Kier alpha value is -1.11. The van der Waals surface area contributed by atoms with Crippen molar-refractivity contribution in [2.75, 3.05) is 0 Å². The highest BCUT2D eigenvalue weighted by atomic mass is 16.1. The van der Waals surface area contributed by atoms with Crippen LogP contribution in [-0.2, 0) is 11.2 Å². The maximum atomic E-state index is 12.2. The van der Waals surface area contributed by atoms with Crippen molar-refractivity contribution in [1.82, 2.24) is 0 Å². The quantitative estimate of drug-likeness (QED) is 0.717. The Balaban J connectivity index is 1.91. The summed E-state index contributed by atoms with van der Waals surface area (Å²) in [5, 5.41) is 0. The average Bonchev–Trinajstić information content (AvgIpc) is 2.55. The molecule has 0 heterocycles. The van der Waals surface area contributed by atoms with Gasteiger partial charge in [0.1, 0.15) is 5.78 Å². The highest BCUT2D eigenvalue weighted by Gasteiger charge is 2.22. The van der Waals surface area contributed by atoms with Gasteiger partial charge in [0.05, 0.1) is 0 Å². The van der Waals surface area contributed by atoms with Gasteiger partial charge >= 0.3 is 0 Å². The minimum atomic E-state index is 0.320. The molecule has 2 atom stereocenters. The first-order valence-corrected chi connectivity index (χ1v) is 6.82. The summed E-state index contributed by atoms with van der Waals surface area (Å²) in [4.78, 5) is 12.2. The standard InChI is InChI=1S/C16H22O/c1-13-6-5-9-15(11-10-13)16(17)12-14-7-3-2-4-8-14/h2-4,7-8,13,15H,5-6,9-12H2,1H3. The topological polar surface area (TPSA) is 17.1 Å². The SMILES string of the molecule is CC1CCCC(C(=O)Cc2ccccc2)CC1. The molecule has 1 aromatic rings. The predicted molar refractivity (Wildman–Crippen MR) is 70.9 cm³/mol. The van der Waals surface area contributed by atoms with Gasteiger partial charge in [0.15, 0.2) is 0 Å². The van der Waals surface area contributed by atoms with Crippen LogP contribution in [0, 0.1) is 11.8 Å². The first kappa shape index (κ1) is 12.3. The van der Waals surface area contributed by atoms with E-state index in [1.165, 1.54) is 19.3 Å². The van der Waals surface area contributed by atoms with Crippen LogP contribution in [0.2, 0.25) is 0 Å². The third-order valence-corrected chi connectivity index (χ3v) is 3.93. The number of hydrogen-bond acceptors (Lipinski definition) is 1. The third kappa shape index (κ3) is 3.69. The van der Waals surface area contributed by atoms with Crippen LogP contribution < -0.4 is 0 Å². The Morgan fingerprint density at radius 2 is 1.88 bits per heavy atom. The second kappa shape index (κ2) is 6.00. The summed E-state index contributed by atoms with van der Waals surface area (Å²) < 4.78 is 0. The van der Waals surface area contributed by atoms with Crippen LogP contribution in [0.1, 0.15) is 44.6 Å². The number of hydrogen-bond donors (Lipinski definition) is 0. The van der Waals surface area contributed by atoms with E-state index in [2.05, 4.69) is 19.1 Å². The summed E-state index contributed by atoms with van der Waals surface area (Å²) in [6, 6.07) is 10.1. The smallest absolute Gasteiger partial charge is 0.140 e. The van der Waals surface area contributed by atoms with Crippen LogP contribution >= 0.6 is 0 Å². The van der Waals surface area contributed by atoms with Crippen LogP contribution in [0.15, 0.2) is 30.3 Å². The zero-order valence-corrected chi connectivity index (χ0v) is 10.7. The van der Waals surface area contributed by atoms with Gasteiger partial charge < -0.3 is 0 Å². The normalized spacial score (nSPS) is 25.2. The minimum absolute atomic E-state index is 0.320. The van der Waals surface area contributed by atoms with Crippen LogP contribution in [-0.4, -0.2) is 5.78 Å². The Morgan fingerprint density at radius 1 is 1.12 bits per heavy atom. The summed E-state index contributed by atoms with van der Waals surface area (Å²) >= 11 is 0. The third-order valence-electron chi connectivity index (χ3n) is 3.93. The van der Waals surface area contributed by atoms with E-state index in [1.807, 2.05) is 18.2 Å². The van der Waals surface area contributed by atoms with E-state index in [-0.39, 0.29) is 0 Å². The van der Waals surface area contributed by atoms with E-state index in [1.54, 1.807) is 0 Å². The van der Waals surface area contributed by atoms with Crippen LogP contribution in [0.4, 0.5) is 0 Å². The largest absolute Gasteiger partial charge is 0.299 e. The molecule has 2 unspecified atom stereocenters. The van der Waals surface area contributed by atoms with E-state index >= 15 is 0 Å². The van der Waals surface area contributed by atoms with Gasteiger partial charge in [-0.2, -0.15) is 0 Å². The molecule has 92 valence electrons. The molecule has 0 amide bonds. The van der Waals surface area contributed by atoms with Gasteiger partial charge in [-0.25, -0.2) is 0 Å². The van der Waals surface area contributed by atoms with Gasteiger partial charge in [-0.15, -0.1) is 0 Å². The van der Waals surface area contributed by atoms with Gasteiger partial charge in [-0.1, -0.05) is 56.5 Å². The van der Waals surface area contributed by atoms with Crippen molar-refractivity contribution in [3.05, 3.63) is 35.9 Å². The van der Waals surface area contributed by atoms with Crippen molar-refractivity contribution >= 4 is 5.78 Å². The first-order valence-electron chi connectivity index (χ1n) is 6.82. The molecule has 1 aliphatic carbocycles. The van der Waals surface area contributed by atoms with Gasteiger partial charge in [-0.05, 0) is 24.3 Å². The van der Waals surface area contributed by atoms with Crippen molar-refractivity contribution in [3.63, 3.8) is 0 Å². The number of carbonyl (C=O) groups excluding carboxylic acids is 1. The molecule has 1 nitrogen and oxygen atoms in total. The summed E-state index contributed by atoms with van der Waals surface area (Å²) in [5.41, 5.74) is 1.16. The van der Waals surface area contributed by atoms with E-state index in [0.717, 1.165) is 24.3 Å². The Bertz CT molecular complexity index is 355. The first-order chi connectivity index (χ1) is 8.25. The summed E-state index contributed by atoms with van der Waals surface area (Å²) in [7, 11) is 0. The molecule has 0 radical (unpaired) electrons. The second-order valence-electron chi connectivity index (χ2n) is 5.44. The van der Waals surface area contributed by atoms with E-state index in [4.69, 9.17) is 0 Å². The second-order valence-corrected chi connectivity index (χ2v) is 5.44. The lowest BCUT2D eigenvalue weighted by Crippen LogP contribution is -2.16. The van der Waals surface area contributed by atoms with Crippen molar-refractivity contribution in [1.29, 1.82) is 0 Å². The minimum Gasteiger partial charge on any atom is -0.299 e. The zero-order valence-electron chi connectivity index (χ0n) is 10.7. The van der Waals surface area contributed by atoms with Crippen molar-refractivity contribution in [3.8, 4) is 0 Å². The molecule has 0 bridgehead atoms. The molecule has 2 rings (SSSR count). The fourth-order valence-corrected chi connectivity index (χ4v) is 2.75. The lowest BCUT2D eigenvalue weighted by atomic mass is 9.91. The lowest BCUT2D eigenvalue weighted by molar-refractivity contribution is -0.122. The number of rotatable bonds is 3. The van der Waals surface area contributed by atoms with Crippen molar-refractivity contribution in [2.45, 2.75) is 45.4 Å². The molecule has 0 N–H and O–H groups in total. The van der Waals surface area contributed by atoms with Gasteiger partial charge in [0.25, 0.3) is 0 Å². The molecule has 1 aliphatic rings. The zero-order chi connectivity index (χ0) is 12.1. The molecule has 0 saturated heterocycles. The Morgan fingerprint density at radius 3 is 2.65 bits per heavy atom. The fraction of sp³-hybridized carbons (Fsp3) is 0.562. The molecule has 1 heteroatoms. The molecule has 0 spiro atoms. The molecular weight excluding hydrogens is 208 g/mol. The summed E-state index contributed by atoms with van der Waals surface area (Å²) in [6.45, 7) is 2.31. The van der Waals surface area contributed by atoms with Crippen molar-refractivity contribution in [2.24, 2.45) is 11.8 Å². The molecular formula is C16H22O. The van der Waals surface area contributed by atoms with E-state index in [0.29, 0.717) is 18.1 Å². The highest BCUT2D eigenvalue weighted by Crippen LogP contribution is 2.28. The summed E-state index contributed by atoms with van der Waals surface area (Å²) in [5.74, 6) is 1.58. The average molecular weight is 230 g/mol. The highest BCUT2D eigenvalue weighted by molar-refractivity contribution is 5.83. The maximum Gasteiger partial charge on any atom is 0.140 e. The van der Waals surface area contributed by atoms with E-state index in [9.17, 15) is 4.79 Å². The van der Waals surface area contributed by atoms with Gasteiger partial charge in [-0.3, -0.25) is 4.79 Å².